The zero-order valence-electron chi connectivity index (χ0n) is 30.9. The molecule has 1 aromatic carbocycles. The van der Waals surface area contributed by atoms with E-state index in [2.05, 4.69) is 57.9 Å². The molecular formula is C38H68N2O5Si. The fraction of sp³-hybridized carbons (Fsp3) is 0.816. The summed E-state index contributed by atoms with van der Waals surface area (Å²) >= 11 is 0. The van der Waals surface area contributed by atoms with Crippen LogP contribution < -0.4 is 0 Å². The van der Waals surface area contributed by atoms with Crippen LogP contribution in [0.4, 0.5) is 0 Å². The number of methoxy groups -OCH3 is 1. The Morgan fingerprint density at radius 3 is 2.22 bits per heavy atom. The van der Waals surface area contributed by atoms with E-state index in [1.54, 1.807) is 7.11 Å². The maximum Gasteiger partial charge on any atom is 0.192 e. The van der Waals surface area contributed by atoms with E-state index < -0.39 is 14.1 Å². The minimum Gasteiger partial charge on any atom is -0.414 e. The lowest BCUT2D eigenvalue weighted by molar-refractivity contribution is -0.263. The van der Waals surface area contributed by atoms with Crippen molar-refractivity contribution in [2.45, 2.75) is 173 Å². The van der Waals surface area contributed by atoms with Crippen molar-refractivity contribution in [1.82, 2.24) is 5.01 Å². The number of nitrogens with zero attached hydrogens (tertiary/aromatic N) is 2. The monoisotopic (exact) mass is 660 g/mol. The SMILES string of the molecule is COC[C@H]1CCCN1/N=C1\[C@@H](CCCCCCCCCC[C@H](C)O[Si](C)(C)C(C)(C)C)OC(C)(C)O[C@@H]1COCc1ccccc1. The number of hydrogen-bond acceptors (Lipinski definition) is 7. The predicted molar refractivity (Wildman–Crippen MR) is 193 cm³/mol. The summed E-state index contributed by atoms with van der Waals surface area (Å²) in [6, 6.07) is 10.6. The van der Waals surface area contributed by atoms with E-state index in [1.165, 1.54) is 51.4 Å². The molecule has 7 nitrogen and oxygen atoms in total. The third-order valence-electron chi connectivity index (χ3n) is 9.97. The van der Waals surface area contributed by atoms with Gasteiger partial charge in [0.1, 0.15) is 12.2 Å². The van der Waals surface area contributed by atoms with Crippen molar-refractivity contribution in [3.63, 3.8) is 0 Å². The normalized spacial score (nSPS) is 23.7. The topological polar surface area (TPSA) is 61.8 Å². The highest BCUT2D eigenvalue weighted by Crippen LogP contribution is 2.38. The first-order valence-electron chi connectivity index (χ1n) is 18.3. The molecule has 4 atom stereocenters. The number of unbranched alkanes of at least 4 members (excludes halogenated alkanes) is 7. The number of rotatable bonds is 20. The molecule has 264 valence electrons. The maximum absolute atomic E-state index is 6.55. The van der Waals surface area contributed by atoms with Crippen LogP contribution >= 0.6 is 0 Å². The van der Waals surface area contributed by atoms with E-state index in [0.717, 1.165) is 43.5 Å². The van der Waals surface area contributed by atoms with E-state index in [4.69, 9.17) is 28.5 Å². The number of benzene rings is 1. The zero-order chi connectivity index (χ0) is 33.6. The predicted octanol–water partition coefficient (Wildman–Crippen LogP) is 9.50. The van der Waals surface area contributed by atoms with Gasteiger partial charge in [0, 0.05) is 19.8 Å². The largest absolute Gasteiger partial charge is 0.414 e. The first kappa shape index (κ1) is 39.1. The van der Waals surface area contributed by atoms with E-state index in [-0.39, 0.29) is 17.2 Å². The fourth-order valence-electron chi connectivity index (χ4n) is 6.38. The quantitative estimate of drug-likeness (QED) is 0.103. The highest BCUT2D eigenvalue weighted by atomic mass is 28.4. The molecule has 0 bridgehead atoms. The van der Waals surface area contributed by atoms with Crippen molar-refractivity contribution in [2.75, 3.05) is 26.9 Å². The molecule has 0 N–H and O–H groups in total. The van der Waals surface area contributed by atoms with Gasteiger partial charge in [-0.15, -0.1) is 0 Å². The van der Waals surface area contributed by atoms with Crippen LogP contribution in [0.25, 0.3) is 0 Å². The second-order valence-electron chi connectivity index (χ2n) is 15.6. The summed E-state index contributed by atoms with van der Waals surface area (Å²) in [5, 5.41) is 7.71. The summed E-state index contributed by atoms with van der Waals surface area (Å²) < 4.78 is 31.3. The van der Waals surface area contributed by atoms with Gasteiger partial charge < -0.3 is 23.4 Å². The van der Waals surface area contributed by atoms with Gasteiger partial charge in [-0.3, -0.25) is 5.01 Å². The van der Waals surface area contributed by atoms with E-state index in [0.29, 0.717) is 32.0 Å². The molecule has 0 amide bonds. The van der Waals surface area contributed by atoms with Crippen molar-refractivity contribution in [2.24, 2.45) is 5.10 Å². The smallest absolute Gasteiger partial charge is 0.192 e. The van der Waals surface area contributed by atoms with Crippen LogP contribution in [0.3, 0.4) is 0 Å². The molecule has 0 unspecified atom stereocenters. The molecule has 0 radical (unpaired) electrons. The lowest BCUT2D eigenvalue weighted by Crippen LogP contribution is -2.54. The van der Waals surface area contributed by atoms with Crippen LogP contribution in [-0.2, 0) is 30.0 Å². The van der Waals surface area contributed by atoms with E-state index >= 15 is 0 Å². The lowest BCUT2D eigenvalue weighted by atomic mass is 9.99. The second kappa shape index (κ2) is 19.0. The molecule has 8 heteroatoms. The van der Waals surface area contributed by atoms with Gasteiger partial charge in [-0.05, 0) is 70.2 Å². The molecule has 46 heavy (non-hydrogen) atoms. The highest BCUT2D eigenvalue weighted by Gasteiger charge is 2.42. The molecule has 1 aromatic rings. The molecular weight excluding hydrogens is 593 g/mol. The summed E-state index contributed by atoms with van der Waals surface area (Å²) in [5.74, 6) is -0.686. The Balaban J connectivity index is 1.45. The molecule has 3 rings (SSSR count). The van der Waals surface area contributed by atoms with Gasteiger partial charge in [-0.2, -0.15) is 5.10 Å². The maximum atomic E-state index is 6.55. The van der Waals surface area contributed by atoms with Gasteiger partial charge in [0.05, 0.1) is 31.6 Å². The number of hydrogen-bond donors (Lipinski definition) is 0. The van der Waals surface area contributed by atoms with Crippen molar-refractivity contribution in [3.05, 3.63) is 35.9 Å². The minimum absolute atomic E-state index is 0.0756. The average Bonchev–Trinajstić information content (AvgIpc) is 3.41. The van der Waals surface area contributed by atoms with Crippen molar-refractivity contribution in [3.8, 4) is 0 Å². The highest BCUT2D eigenvalue weighted by molar-refractivity contribution is 6.74. The van der Waals surface area contributed by atoms with Gasteiger partial charge in [-0.1, -0.05) is 102 Å². The Morgan fingerprint density at radius 1 is 0.935 bits per heavy atom. The van der Waals surface area contributed by atoms with Crippen molar-refractivity contribution >= 4 is 14.0 Å². The van der Waals surface area contributed by atoms with Crippen LogP contribution in [0.5, 0.6) is 0 Å². The zero-order valence-corrected chi connectivity index (χ0v) is 31.9. The van der Waals surface area contributed by atoms with E-state index in [9.17, 15) is 0 Å². The van der Waals surface area contributed by atoms with Crippen molar-refractivity contribution < 1.29 is 23.4 Å². The van der Waals surface area contributed by atoms with Crippen LogP contribution in [0.1, 0.15) is 124 Å². The summed E-state index contributed by atoms with van der Waals surface area (Å²) in [6.45, 7) is 20.6. The molecule has 0 spiro atoms. The Bertz CT molecular complexity index is 1010. The van der Waals surface area contributed by atoms with Crippen LogP contribution in [-0.4, -0.2) is 76.0 Å². The summed E-state index contributed by atoms with van der Waals surface area (Å²) in [6.07, 6.45) is 14.6. The lowest BCUT2D eigenvalue weighted by Gasteiger charge is -2.42. The molecule has 2 aliphatic heterocycles. The molecule has 2 heterocycles. The standard InChI is InChI=1S/C38H68N2O5Si/c1-31(45-46(8,9)37(2,3)4)22-17-14-12-10-11-13-15-20-26-34-36(39-40-27-21-25-33(40)29-41-7)35(44-38(5,6)43-34)30-42-28-32-23-18-16-19-24-32/h16,18-19,23-24,31,33-35H,10-15,17,20-22,25-30H2,1-9H3/b39-36+/t31-,33+,34+,35+/m0/s1. The first-order valence-corrected chi connectivity index (χ1v) is 21.2. The fourth-order valence-corrected chi connectivity index (χ4v) is 7.85. The minimum atomic E-state index is -1.66. The molecule has 0 aromatic heterocycles. The molecule has 0 saturated carbocycles. The van der Waals surface area contributed by atoms with Crippen LogP contribution in [0.2, 0.25) is 18.1 Å². The summed E-state index contributed by atoms with van der Waals surface area (Å²) in [7, 11) is 0.109. The number of hydrazone groups is 1. The summed E-state index contributed by atoms with van der Waals surface area (Å²) in [5.41, 5.74) is 2.14. The second-order valence-corrected chi connectivity index (χ2v) is 20.4. The van der Waals surface area contributed by atoms with Gasteiger partial charge in [0.25, 0.3) is 0 Å². The Morgan fingerprint density at radius 2 is 1.57 bits per heavy atom. The Labute approximate surface area is 283 Å². The molecule has 0 aliphatic carbocycles. The van der Waals surface area contributed by atoms with Crippen LogP contribution in [0.15, 0.2) is 35.4 Å². The first-order chi connectivity index (χ1) is 21.8. The van der Waals surface area contributed by atoms with Gasteiger partial charge in [0.15, 0.2) is 14.1 Å². The van der Waals surface area contributed by atoms with Gasteiger partial charge >= 0.3 is 0 Å². The Hall–Kier alpha value is -1.29. The molecule has 2 fully saturated rings. The average molecular weight is 661 g/mol. The summed E-state index contributed by atoms with van der Waals surface area (Å²) in [4.78, 5) is 0. The third kappa shape index (κ3) is 13.3. The molecule has 2 aliphatic rings. The van der Waals surface area contributed by atoms with Gasteiger partial charge in [0.2, 0.25) is 0 Å². The van der Waals surface area contributed by atoms with Gasteiger partial charge in [-0.25, -0.2) is 0 Å². The molecule has 2 saturated heterocycles. The van der Waals surface area contributed by atoms with Crippen molar-refractivity contribution in [1.29, 1.82) is 0 Å². The van der Waals surface area contributed by atoms with Crippen LogP contribution in [0, 0.1) is 0 Å². The number of ether oxygens (including phenoxy) is 4. The van der Waals surface area contributed by atoms with E-state index in [1.807, 2.05) is 32.0 Å². The third-order valence-corrected chi connectivity index (χ3v) is 14.6. The Kier molecular flexibility index (Phi) is 16.2.